The summed E-state index contributed by atoms with van der Waals surface area (Å²) in [5, 5.41) is 30.0. The quantitative estimate of drug-likeness (QED) is 0.0781. The number of carboxylic acids is 1. The van der Waals surface area contributed by atoms with Crippen LogP contribution in [-0.2, 0) is 24.8 Å². The Morgan fingerprint density at radius 1 is 1.02 bits per heavy atom. The summed E-state index contributed by atoms with van der Waals surface area (Å²) >= 11 is 1.86. The summed E-state index contributed by atoms with van der Waals surface area (Å²) in [6.07, 6.45) is -0.863. The lowest BCUT2D eigenvalue weighted by atomic mass is 9.93. The Morgan fingerprint density at radius 2 is 1.72 bits per heavy atom. The van der Waals surface area contributed by atoms with Gasteiger partial charge in [0, 0.05) is 53.5 Å². The van der Waals surface area contributed by atoms with Gasteiger partial charge in [0.05, 0.1) is 24.3 Å². The van der Waals surface area contributed by atoms with Gasteiger partial charge < -0.3 is 36.4 Å². The standard InChI is InChI=1S/C35H50F3N7O7S/c1-32(2,20-52-33(3,4)16-7-17-39-26(46)9-6-5-8-25-28-24(18-53-25)42-31(51)43-28)19-40-30(50)23(14-15-27(47)48)41-29(49)21-10-12-22(13-11-21)34(44-45-34)35(36,37)38/h10-13,23-25,28H,5-9,14-20H2,1-4H3,(H,39,46)(H,40,50)(H,41,49)(H,47,48)(H2,42,43,51)/t23?,24-,25-,28-/m0/s1. The lowest BCUT2D eigenvalue weighted by Gasteiger charge is -2.32. The van der Waals surface area contributed by atoms with Crippen molar-refractivity contribution in [1.29, 1.82) is 0 Å². The number of halogens is 3. The normalized spacial score (nSPS) is 20.9. The number of benzene rings is 1. The Kier molecular flexibility index (Phi) is 13.8. The van der Waals surface area contributed by atoms with Gasteiger partial charge in [0.25, 0.3) is 5.91 Å². The van der Waals surface area contributed by atoms with E-state index in [4.69, 9.17) is 4.74 Å². The first-order chi connectivity index (χ1) is 24.8. The summed E-state index contributed by atoms with van der Waals surface area (Å²) in [7, 11) is 0. The maximum absolute atomic E-state index is 13.3. The Morgan fingerprint density at radius 3 is 2.36 bits per heavy atom. The van der Waals surface area contributed by atoms with Gasteiger partial charge in [0.2, 0.25) is 11.8 Å². The van der Waals surface area contributed by atoms with Crippen molar-refractivity contribution in [1.82, 2.24) is 26.6 Å². The molecule has 14 nitrogen and oxygen atoms in total. The highest BCUT2D eigenvalue weighted by Crippen LogP contribution is 2.52. The van der Waals surface area contributed by atoms with Crippen molar-refractivity contribution >= 4 is 41.5 Å². The van der Waals surface area contributed by atoms with Crippen molar-refractivity contribution in [2.75, 3.05) is 25.4 Å². The van der Waals surface area contributed by atoms with Crippen molar-refractivity contribution in [2.24, 2.45) is 15.6 Å². The van der Waals surface area contributed by atoms with Crippen molar-refractivity contribution in [3.63, 3.8) is 0 Å². The highest BCUT2D eigenvalue weighted by Gasteiger charge is 2.65. The fraction of sp³-hybridized carbons (Fsp3) is 0.686. The predicted molar refractivity (Wildman–Crippen MR) is 190 cm³/mol. The molecule has 6 N–H and O–H groups in total. The first-order valence-electron chi connectivity index (χ1n) is 17.8. The molecule has 294 valence electrons. The Balaban J connectivity index is 1.14. The van der Waals surface area contributed by atoms with E-state index in [-0.39, 0.29) is 54.7 Å². The zero-order chi connectivity index (χ0) is 39.0. The van der Waals surface area contributed by atoms with E-state index in [0.29, 0.717) is 31.1 Å². The molecule has 0 saturated carbocycles. The maximum Gasteiger partial charge on any atom is 0.442 e. The van der Waals surface area contributed by atoms with Crippen molar-refractivity contribution in [2.45, 2.75) is 120 Å². The summed E-state index contributed by atoms with van der Waals surface area (Å²) in [6.45, 7) is 8.57. The van der Waals surface area contributed by atoms with E-state index >= 15 is 0 Å². The Labute approximate surface area is 311 Å². The number of nitrogens with one attached hydrogen (secondary N) is 5. The maximum atomic E-state index is 13.3. The van der Waals surface area contributed by atoms with Gasteiger partial charge in [-0.25, -0.2) is 4.79 Å². The number of hydrogen-bond donors (Lipinski definition) is 6. The number of alkyl halides is 3. The number of carbonyl (C=O) groups is 5. The second kappa shape index (κ2) is 17.5. The van der Waals surface area contributed by atoms with Gasteiger partial charge in [-0.05, 0) is 58.1 Å². The number of ether oxygens (including phenoxy) is 1. The first kappa shape index (κ1) is 41.8. The van der Waals surface area contributed by atoms with Gasteiger partial charge >= 0.3 is 23.8 Å². The SMILES string of the molecule is CC(C)(CNC(=O)C(CCC(=O)O)NC(=O)c1ccc(C2(C(F)(F)F)N=N2)cc1)COC(C)(C)CCCNC(=O)CCCC[C@@H]1SC[C@@H]2NC(=O)N[C@@H]21. The largest absolute Gasteiger partial charge is 0.481 e. The molecule has 18 heteroatoms. The molecule has 1 aromatic carbocycles. The van der Waals surface area contributed by atoms with Crippen LogP contribution in [0.1, 0.15) is 95.0 Å². The minimum Gasteiger partial charge on any atom is -0.481 e. The zero-order valence-electron chi connectivity index (χ0n) is 30.4. The van der Waals surface area contributed by atoms with E-state index in [1.165, 1.54) is 0 Å². The number of carboxylic acid groups (broad SMARTS) is 1. The molecule has 1 aromatic rings. The molecule has 53 heavy (non-hydrogen) atoms. The molecule has 0 bridgehead atoms. The number of aliphatic carboxylic acids is 1. The lowest BCUT2D eigenvalue weighted by molar-refractivity contribution is -0.166. The highest BCUT2D eigenvalue weighted by molar-refractivity contribution is 8.00. The number of rotatable bonds is 21. The van der Waals surface area contributed by atoms with Crippen LogP contribution in [-0.4, -0.2) is 95.4 Å². The third-order valence-electron chi connectivity index (χ3n) is 9.47. The molecule has 3 aliphatic heterocycles. The zero-order valence-corrected chi connectivity index (χ0v) is 31.3. The molecular formula is C35H50F3N7O7S. The molecule has 0 aromatic heterocycles. The minimum absolute atomic E-state index is 0.00391. The lowest BCUT2D eigenvalue weighted by Crippen LogP contribution is -2.49. The number of thioether (sulfide) groups is 1. The van der Waals surface area contributed by atoms with E-state index in [2.05, 4.69) is 36.8 Å². The third kappa shape index (κ3) is 12.0. The smallest absolute Gasteiger partial charge is 0.442 e. The molecule has 4 rings (SSSR count). The second-order valence-corrected chi connectivity index (χ2v) is 16.4. The number of urea groups is 1. The van der Waals surface area contributed by atoms with Crippen LogP contribution < -0.4 is 26.6 Å². The van der Waals surface area contributed by atoms with Crippen LogP contribution in [0.5, 0.6) is 0 Å². The summed E-state index contributed by atoms with van der Waals surface area (Å²) in [5.41, 5.74) is -3.99. The number of amides is 5. The fourth-order valence-corrected chi connectivity index (χ4v) is 7.69. The topological polar surface area (TPSA) is 200 Å². The average molecular weight is 770 g/mol. The molecule has 2 fully saturated rings. The summed E-state index contributed by atoms with van der Waals surface area (Å²) < 4.78 is 46.1. The molecule has 5 amide bonds. The molecule has 4 atom stereocenters. The van der Waals surface area contributed by atoms with Crippen LogP contribution in [0.3, 0.4) is 0 Å². The third-order valence-corrected chi connectivity index (χ3v) is 11.0. The van der Waals surface area contributed by atoms with Crippen LogP contribution in [0.25, 0.3) is 0 Å². The van der Waals surface area contributed by atoms with Crippen LogP contribution in [0.15, 0.2) is 34.5 Å². The van der Waals surface area contributed by atoms with Gasteiger partial charge in [-0.1, -0.05) is 32.4 Å². The van der Waals surface area contributed by atoms with Crippen molar-refractivity contribution in [3.8, 4) is 0 Å². The Hall–Kier alpha value is -3.93. The van der Waals surface area contributed by atoms with E-state index in [0.717, 1.165) is 49.3 Å². The van der Waals surface area contributed by atoms with Crippen molar-refractivity contribution < 1.29 is 47.0 Å². The van der Waals surface area contributed by atoms with Gasteiger partial charge in [-0.2, -0.15) is 24.9 Å². The molecule has 0 aliphatic carbocycles. The average Bonchev–Trinajstić information content (AvgIpc) is 3.73. The van der Waals surface area contributed by atoms with Gasteiger partial charge in [-0.15, -0.1) is 10.2 Å². The van der Waals surface area contributed by atoms with Crippen LogP contribution >= 0.6 is 11.8 Å². The Bertz CT molecular complexity index is 1520. The highest BCUT2D eigenvalue weighted by atomic mass is 32.2. The molecule has 0 radical (unpaired) electrons. The molecule has 1 unspecified atom stereocenters. The number of hydrogen-bond acceptors (Lipinski definition) is 9. The number of fused-ring (bicyclic) bond motifs is 1. The second-order valence-electron chi connectivity index (χ2n) is 15.2. The van der Waals surface area contributed by atoms with E-state index < -0.39 is 53.1 Å². The van der Waals surface area contributed by atoms with Crippen LogP contribution in [0, 0.1) is 5.41 Å². The summed E-state index contributed by atoms with van der Waals surface area (Å²) in [4.78, 5) is 61.2. The molecule has 0 spiro atoms. The summed E-state index contributed by atoms with van der Waals surface area (Å²) in [5.74, 6) is -1.62. The number of nitrogens with zero attached hydrogens (tertiary/aromatic N) is 2. The fourth-order valence-electron chi connectivity index (χ4n) is 6.14. The molecule has 3 heterocycles. The number of carbonyl (C=O) groups excluding carboxylic acids is 4. The van der Waals surface area contributed by atoms with Gasteiger partial charge in [-0.3, -0.25) is 19.2 Å². The monoisotopic (exact) mass is 769 g/mol. The van der Waals surface area contributed by atoms with E-state index in [1.54, 1.807) is 0 Å². The predicted octanol–water partition coefficient (Wildman–Crippen LogP) is 4.39. The summed E-state index contributed by atoms with van der Waals surface area (Å²) in [6, 6.07) is 3.54. The van der Waals surface area contributed by atoms with E-state index in [9.17, 15) is 42.3 Å². The van der Waals surface area contributed by atoms with Gasteiger partial charge in [0.1, 0.15) is 6.04 Å². The van der Waals surface area contributed by atoms with E-state index in [1.807, 2.05) is 39.5 Å². The van der Waals surface area contributed by atoms with Crippen LogP contribution in [0.2, 0.25) is 0 Å². The molecule has 2 saturated heterocycles. The van der Waals surface area contributed by atoms with Crippen molar-refractivity contribution in [3.05, 3.63) is 35.4 Å². The first-order valence-corrected chi connectivity index (χ1v) is 18.9. The molecular weight excluding hydrogens is 719 g/mol. The molecule has 3 aliphatic rings. The van der Waals surface area contributed by atoms with Crippen LogP contribution in [0.4, 0.5) is 18.0 Å². The minimum atomic E-state index is -4.72. The number of unbranched alkanes of at least 4 members (excludes halogenated alkanes) is 1. The van der Waals surface area contributed by atoms with Gasteiger partial charge in [0.15, 0.2) is 0 Å².